The Balaban J connectivity index is 2.57. The molecule has 4 nitrogen and oxygen atoms in total. The van der Waals surface area contributed by atoms with Gasteiger partial charge in [-0.3, -0.25) is 0 Å². The van der Waals surface area contributed by atoms with E-state index in [1.807, 2.05) is 19.9 Å². The molecule has 2 N–H and O–H groups in total. The Morgan fingerprint density at radius 3 is 2.75 bits per heavy atom. The van der Waals surface area contributed by atoms with Gasteiger partial charge in [0.25, 0.3) is 0 Å². The summed E-state index contributed by atoms with van der Waals surface area (Å²) in [6.07, 6.45) is 4.31. The lowest BCUT2D eigenvalue weighted by atomic mass is 10.0. The number of aryl methyl sites for hydroxylation is 1. The first-order valence-corrected chi connectivity index (χ1v) is 5.84. The largest absolute Gasteiger partial charge is 0.388 e. The molecular weight excluding hydrogens is 202 g/mol. The topological polar surface area (TPSA) is 58.0 Å². The van der Waals surface area contributed by atoms with Crippen molar-refractivity contribution < 1.29 is 5.11 Å². The molecule has 1 aromatic rings. The Morgan fingerprint density at radius 1 is 1.38 bits per heavy atom. The SMILES string of the molecule is CCCc1cc(NCC(C)(O)CC)ncn1. The van der Waals surface area contributed by atoms with E-state index in [1.165, 1.54) is 0 Å². The predicted molar refractivity (Wildman–Crippen MR) is 65.4 cm³/mol. The summed E-state index contributed by atoms with van der Waals surface area (Å²) in [5.74, 6) is 0.784. The summed E-state index contributed by atoms with van der Waals surface area (Å²) in [4.78, 5) is 8.31. The number of aromatic nitrogens is 2. The van der Waals surface area contributed by atoms with Crippen LogP contribution >= 0.6 is 0 Å². The first kappa shape index (κ1) is 12.9. The van der Waals surface area contributed by atoms with E-state index in [4.69, 9.17) is 0 Å². The summed E-state index contributed by atoms with van der Waals surface area (Å²) < 4.78 is 0. The van der Waals surface area contributed by atoms with Crippen molar-refractivity contribution in [2.45, 2.75) is 45.6 Å². The first-order chi connectivity index (χ1) is 7.57. The number of hydrogen-bond donors (Lipinski definition) is 2. The van der Waals surface area contributed by atoms with Gasteiger partial charge in [-0.05, 0) is 19.8 Å². The molecule has 0 radical (unpaired) electrons. The van der Waals surface area contributed by atoms with Gasteiger partial charge in [-0.15, -0.1) is 0 Å². The second kappa shape index (κ2) is 5.80. The monoisotopic (exact) mass is 223 g/mol. The van der Waals surface area contributed by atoms with E-state index in [2.05, 4.69) is 22.2 Å². The van der Waals surface area contributed by atoms with Gasteiger partial charge >= 0.3 is 0 Å². The molecule has 1 unspecified atom stereocenters. The molecule has 0 spiro atoms. The van der Waals surface area contributed by atoms with Crippen LogP contribution < -0.4 is 5.32 Å². The highest BCUT2D eigenvalue weighted by Crippen LogP contribution is 2.11. The van der Waals surface area contributed by atoms with Crippen LogP contribution in [0.25, 0.3) is 0 Å². The highest BCUT2D eigenvalue weighted by Gasteiger charge is 2.16. The van der Waals surface area contributed by atoms with Crippen LogP contribution in [0.5, 0.6) is 0 Å². The van der Waals surface area contributed by atoms with Crippen LogP contribution in [0.3, 0.4) is 0 Å². The van der Waals surface area contributed by atoms with Crippen molar-refractivity contribution >= 4 is 5.82 Å². The van der Waals surface area contributed by atoms with Gasteiger partial charge in [0.15, 0.2) is 0 Å². The minimum absolute atomic E-state index is 0.506. The highest BCUT2D eigenvalue weighted by atomic mass is 16.3. The smallest absolute Gasteiger partial charge is 0.129 e. The number of anilines is 1. The molecule has 0 aliphatic carbocycles. The average molecular weight is 223 g/mol. The Kier molecular flexibility index (Phi) is 4.68. The van der Waals surface area contributed by atoms with Gasteiger partial charge in [0.2, 0.25) is 0 Å². The van der Waals surface area contributed by atoms with E-state index in [9.17, 15) is 5.11 Å². The number of aliphatic hydroxyl groups is 1. The molecule has 0 aliphatic rings. The Morgan fingerprint density at radius 2 is 2.12 bits per heavy atom. The van der Waals surface area contributed by atoms with Gasteiger partial charge in [0.05, 0.1) is 5.60 Å². The van der Waals surface area contributed by atoms with Crippen LogP contribution in [-0.2, 0) is 6.42 Å². The van der Waals surface area contributed by atoms with Crippen LogP contribution in [0, 0.1) is 0 Å². The average Bonchev–Trinajstić information content (AvgIpc) is 2.28. The van der Waals surface area contributed by atoms with E-state index < -0.39 is 5.60 Å². The number of nitrogens with one attached hydrogen (secondary N) is 1. The van der Waals surface area contributed by atoms with Gasteiger partial charge in [-0.25, -0.2) is 9.97 Å². The van der Waals surface area contributed by atoms with Crippen LogP contribution in [0.4, 0.5) is 5.82 Å². The number of hydrogen-bond acceptors (Lipinski definition) is 4. The minimum atomic E-state index is -0.685. The molecule has 0 saturated carbocycles. The van der Waals surface area contributed by atoms with Gasteiger partial charge in [0.1, 0.15) is 12.1 Å². The van der Waals surface area contributed by atoms with Crippen molar-refractivity contribution in [1.82, 2.24) is 9.97 Å². The van der Waals surface area contributed by atoms with Crippen LogP contribution in [0.2, 0.25) is 0 Å². The molecule has 1 atom stereocenters. The maximum absolute atomic E-state index is 9.85. The van der Waals surface area contributed by atoms with Crippen molar-refractivity contribution in [1.29, 1.82) is 0 Å². The van der Waals surface area contributed by atoms with E-state index in [0.717, 1.165) is 24.4 Å². The number of nitrogens with zero attached hydrogens (tertiary/aromatic N) is 2. The fourth-order valence-corrected chi connectivity index (χ4v) is 1.29. The molecule has 1 heterocycles. The maximum Gasteiger partial charge on any atom is 0.129 e. The van der Waals surface area contributed by atoms with E-state index in [-0.39, 0.29) is 0 Å². The standard InChI is InChI=1S/C12H21N3O/c1-4-6-10-7-11(15-9-14-10)13-8-12(3,16)5-2/h7,9,16H,4-6,8H2,1-3H3,(H,13,14,15). The quantitative estimate of drug-likeness (QED) is 0.774. The molecule has 1 rings (SSSR count). The van der Waals surface area contributed by atoms with Crippen molar-refractivity contribution in [3.8, 4) is 0 Å². The molecule has 4 heteroatoms. The van der Waals surface area contributed by atoms with Crippen LogP contribution in [-0.4, -0.2) is 27.2 Å². The third kappa shape index (κ3) is 4.14. The van der Waals surface area contributed by atoms with Gasteiger partial charge in [-0.1, -0.05) is 20.3 Å². The summed E-state index contributed by atoms with van der Waals surface area (Å²) in [7, 11) is 0. The Bertz CT molecular complexity index is 326. The second-order valence-electron chi connectivity index (χ2n) is 4.35. The lowest BCUT2D eigenvalue weighted by Gasteiger charge is -2.21. The van der Waals surface area contributed by atoms with E-state index >= 15 is 0 Å². The molecule has 0 bridgehead atoms. The summed E-state index contributed by atoms with van der Waals surface area (Å²) >= 11 is 0. The fourth-order valence-electron chi connectivity index (χ4n) is 1.29. The molecule has 0 aromatic carbocycles. The molecule has 1 aromatic heterocycles. The highest BCUT2D eigenvalue weighted by molar-refractivity contribution is 5.35. The fraction of sp³-hybridized carbons (Fsp3) is 0.667. The summed E-state index contributed by atoms with van der Waals surface area (Å²) in [6.45, 7) is 6.40. The van der Waals surface area contributed by atoms with Gasteiger partial charge in [0, 0.05) is 18.3 Å². The lowest BCUT2D eigenvalue weighted by Crippen LogP contribution is -2.32. The summed E-state index contributed by atoms with van der Waals surface area (Å²) in [5.41, 5.74) is 0.353. The zero-order chi connectivity index (χ0) is 12.0. The lowest BCUT2D eigenvalue weighted by molar-refractivity contribution is 0.0696. The molecule has 0 saturated heterocycles. The van der Waals surface area contributed by atoms with Gasteiger partial charge in [-0.2, -0.15) is 0 Å². The maximum atomic E-state index is 9.85. The first-order valence-electron chi connectivity index (χ1n) is 5.84. The molecule has 90 valence electrons. The second-order valence-corrected chi connectivity index (χ2v) is 4.35. The van der Waals surface area contributed by atoms with Crippen molar-refractivity contribution in [3.05, 3.63) is 18.1 Å². The van der Waals surface area contributed by atoms with E-state index in [0.29, 0.717) is 13.0 Å². The normalized spacial score (nSPS) is 14.5. The summed E-state index contributed by atoms with van der Waals surface area (Å²) in [5, 5.41) is 13.0. The molecule has 0 fully saturated rings. The minimum Gasteiger partial charge on any atom is -0.388 e. The Hall–Kier alpha value is -1.16. The molecule has 0 aliphatic heterocycles. The van der Waals surface area contributed by atoms with Crippen LogP contribution in [0.1, 0.15) is 39.3 Å². The Labute approximate surface area is 97.1 Å². The third-order valence-corrected chi connectivity index (χ3v) is 2.64. The zero-order valence-electron chi connectivity index (χ0n) is 10.3. The third-order valence-electron chi connectivity index (χ3n) is 2.64. The number of rotatable bonds is 6. The molecular formula is C12H21N3O. The zero-order valence-corrected chi connectivity index (χ0v) is 10.3. The van der Waals surface area contributed by atoms with Gasteiger partial charge < -0.3 is 10.4 Å². The van der Waals surface area contributed by atoms with Crippen molar-refractivity contribution in [2.24, 2.45) is 0 Å². The van der Waals surface area contributed by atoms with Crippen molar-refractivity contribution in [3.63, 3.8) is 0 Å². The molecule has 16 heavy (non-hydrogen) atoms. The van der Waals surface area contributed by atoms with Crippen LogP contribution in [0.15, 0.2) is 12.4 Å². The summed E-state index contributed by atoms with van der Waals surface area (Å²) in [6, 6.07) is 1.94. The van der Waals surface area contributed by atoms with E-state index in [1.54, 1.807) is 6.33 Å². The molecule has 0 amide bonds. The van der Waals surface area contributed by atoms with Crippen molar-refractivity contribution in [2.75, 3.05) is 11.9 Å². The predicted octanol–water partition coefficient (Wildman–Crippen LogP) is 2.00.